The molecule has 1 fully saturated rings. The van der Waals surface area contributed by atoms with Crippen LogP contribution in [0.5, 0.6) is 0 Å². The number of hydrazone groups is 1. The molecule has 1 heterocycles. The molecule has 5 nitrogen and oxygen atoms in total. The van der Waals surface area contributed by atoms with Crippen molar-refractivity contribution in [3.05, 3.63) is 48.0 Å². The largest absolute Gasteiger partial charge is 0.334 e. The fourth-order valence-corrected chi connectivity index (χ4v) is 2.99. The molecule has 0 unspecified atom stereocenters. The predicted octanol–water partition coefficient (Wildman–Crippen LogP) is 2.69. The quantitative estimate of drug-likeness (QED) is 0.525. The number of benzene rings is 2. The van der Waals surface area contributed by atoms with Crippen LogP contribution in [0.25, 0.3) is 10.8 Å². The topological polar surface area (TPSA) is 61.8 Å². The summed E-state index contributed by atoms with van der Waals surface area (Å²) in [6.45, 7) is 1.30. The van der Waals surface area contributed by atoms with Crippen LogP contribution < -0.4 is 5.43 Å². The highest BCUT2D eigenvalue weighted by molar-refractivity contribution is 6.35. The lowest BCUT2D eigenvalue weighted by molar-refractivity contribution is -0.145. The lowest BCUT2D eigenvalue weighted by atomic mass is 10.1. The predicted molar refractivity (Wildman–Crippen MR) is 94.7 cm³/mol. The molecule has 2 aromatic rings. The van der Waals surface area contributed by atoms with E-state index in [9.17, 15) is 9.59 Å². The average molecular weight is 323 g/mol. The maximum atomic E-state index is 12.1. The SMILES string of the molecule is O=C(N/N=C\c1cccc2ccccc12)C(=O)N1CCCCCC1. The lowest BCUT2D eigenvalue weighted by Crippen LogP contribution is -2.41. The summed E-state index contributed by atoms with van der Waals surface area (Å²) in [6.07, 6.45) is 5.72. The van der Waals surface area contributed by atoms with Gasteiger partial charge in [-0.2, -0.15) is 5.10 Å². The molecule has 0 spiro atoms. The first kappa shape index (κ1) is 16.2. The highest BCUT2D eigenvalue weighted by atomic mass is 16.2. The van der Waals surface area contributed by atoms with Crippen LogP contribution in [0, 0.1) is 0 Å². The van der Waals surface area contributed by atoms with Gasteiger partial charge >= 0.3 is 11.8 Å². The van der Waals surface area contributed by atoms with Crippen molar-refractivity contribution in [2.75, 3.05) is 13.1 Å². The van der Waals surface area contributed by atoms with Crippen molar-refractivity contribution >= 4 is 28.8 Å². The molecule has 0 aliphatic carbocycles. The van der Waals surface area contributed by atoms with Crippen molar-refractivity contribution in [3.8, 4) is 0 Å². The first-order chi connectivity index (χ1) is 11.8. The fourth-order valence-electron chi connectivity index (χ4n) is 2.99. The molecule has 0 radical (unpaired) electrons. The van der Waals surface area contributed by atoms with Crippen molar-refractivity contribution in [2.24, 2.45) is 5.10 Å². The van der Waals surface area contributed by atoms with Gasteiger partial charge in [0.05, 0.1) is 6.21 Å². The van der Waals surface area contributed by atoms with E-state index in [4.69, 9.17) is 0 Å². The summed E-state index contributed by atoms with van der Waals surface area (Å²) < 4.78 is 0. The molecular formula is C19H21N3O2. The standard InChI is InChI=1S/C19H21N3O2/c23-18(19(24)22-12-5-1-2-6-13-22)21-20-14-16-10-7-9-15-8-3-4-11-17(15)16/h3-4,7-11,14H,1-2,5-6,12-13H2,(H,21,23)/b20-14-. The third kappa shape index (κ3) is 3.79. The maximum Gasteiger partial charge on any atom is 0.329 e. The van der Waals surface area contributed by atoms with Crippen LogP contribution in [-0.4, -0.2) is 36.0 Å². The van der Waals surface area contributed by atoms with E-state index in [1.165, 1.54) is 0 Å². The van der Waals surface area contributed by atoms with Gasteiger partial charge in [-0.05, 0) is 23.6 Å². The molecule has 5 heteroatoms. The van der Waals surface area contributed by atoms with E-state index < -0.39 is 11.8 Å². The zero-order valence-electron chi connectivity index (χ0n) is 13.6. The first-order valence-electron chi connectivity index (χ1n) is 8.36. The van der Waals surface area contributed by atoms with Gasteiger partial charge in [0.15, 0.2) is 0 Å². The van der Waals surface area contributed by atoms with Crippen molar-refractivity contribution in [2.45, 2.75) is 25.7 Å². The number of nitrogens with zero attached hydrogens (tertiary/aromatic N) is 2. The van der Waals surface area contributed by atoms with Crippen LogP contribution in [0.1, 0.15) is 31.2 Å². The van der Waals surface area contributed by atoms with E-state index >= 15 is 0 Å². The third-order valence-electron chi connectivity index (χ3n) is 4.28. The Balaban J connectivity index is 1.64. The van der Waals surface area contributed by atoms with E-state index in [-0.39, 0.29) is 0 Å². The molecule has 1 N–H and O–H groups in total. The fraction of sp³-hybridized carbons (Fsp3) is 0.316. The molecule has 2 aromatic carbocycles. The minimum Gasteiger partial charge on any atom is -0.334 e. The van der Waals surface area contributed by atoms with Gasteiger partial charge in [0.2, 0.25) is 0 Å². The number of likely N-dealkylation sites (tertiary alicyclic amines) is 1. The first-order valence-corrected chi connectivity index (χ1v) is 8.36. The van der Waals surface area contributed by atoms with Gasteiger partial charge in [0.1, 0.15) is 0 Å². The molecule has 1 aliphatic rings. The molecule has 0 saturated carbocycles. The molecule has 124 valence electrons. The average Bonchev–Trinajstić information content (AvgIpc) is 2.90. The molecule has 0 aromatic heterocycles. The van der Waals surface area contributed by atoms with Gasteiger partial charge < -0.3 is 4.90 Å². The second-order valence-corrected chi connectivity index (χ2v) is 5.97. The van der Waals surface area contributed by atoms with E-state index in [2.05, 4.69) is 10.5 Å². The molecule has 0 atom stereocenters. The minimum absolute atomic E-state index is 0.494. The summed E-state index contributed by atoms with van der Waals surface area (Å²) in [6, 6.07) is 13.8. The molecular weight excluding hydrogens is 302 g/mol. The van der Waals surface area contributed by atoms with E-state index in [0.29, 0.717) is 13.1 Å². The number of hydrogen-bond acceptors (Lipinski definition) is 3. The van der Waals surface area contributed by atoms with E-state index in [1.54, 1.807) is 11.1 Å². The number of carbonyl (C=O) groups is 2. The summed E-state index contributed by atoms with van der Waals surface area (Å²) in [5.74, 6) is -1.17. The van der Waals surface area contributed by atoms with Gasteiger partial charge in [0, 0.05) is 18.7 Å². The third-order valence-corrected chi connectivity index (χ3v) is 4.28. The number of rotatable bonds is 2. The summed E-state index contributed by atoms with van der Waals surface area (Å²) in [4.78, 5) is 25.8. The Morgan fingerprint density at radius 3 is 2.46 bits per heavy atom. The van der Waals surface area contributed by atoms with Gasteiger partial charge in [-0.3, -0.25) is 9.59 Å². The Bertz CT molecular complexity index is 757. The summed E-state index contributed by atoms with van der Waals surface area (Å²) in [5.41, 5.74) is 3.25. The Labute approximate surface area is 141 Å². The Morgan fingerprint density at radius 1 is 0.958 bits per heavy atom. The lowest BCUT2D eigenvalue weighted by Gasteiger charge is -2.18. The van der Waals surface area contributed by atoms with E-state index in [0.717, 1.165) is 42.0 Å². The molecule has 2 amide bonds. The Hall–Kier alpha value is -2.69. The van der Waals surface area contributed by atoms with Crippen molar-refractivity contribution in [3.63, 3.8) is 0 Å². The second kappa shape index (κ2) is 7.73. The number of nitrogens with one attached hydrogen (secondary N) is 1. The molecule has 3 rings (SSSR count). The number of fused-ring (bicyclic) bond motifs is 1. The van der Waals surface area contributed by atoms with Crippen LogP contribution in [-0.2, 0) is 9.59 Å². The van der Waals surface area contributed by atoms with Gasteiger partial charge in [-0.15, -0.1) is 0 Å². The van der Waals surface area contributed by atoms with Crippen LogP contribution in [0.3, 0.4) is 0 Å². The van der Waals surface area contributed by atoms with Gasteiger partial charge in [-0.25, -0.2) is 5.43 Å². The minimum atomic E-state index is -0.673. The van der Waals surface area contributed by atoms with Crippen molar-refractivity contribution < 1.29 is 9.59 Å². The normalized spacial score (nSPS) is 15.4. The highest BCUT2D eigenvalue weighted by Gasteiger charge is 2.22. The number of amides is 2. The maximum absolute atomic E-state index is 12.1. The van der Waals surface area contributed by atoms with Crippen LogP contribution in [0.2, 0.25) is 0 Å². The summed E-state index contributed by atoms with van der Waals surface area (Å²) in [7, 11) is 0. The molecule has 0 bridgehead atoms. The molecule has 1 saturated heterocycles. The van der Waals surface area contributed by atoms with Crippen LogP contribution in [0.15, 0.2) is 47.6 Å². The summed E-state index contributed by atoms with van der Waals surface area (Å²) >= 11 is 0. The molecule has 24 heavy (non-hydrogen) atoms. The number of carbonyl (C=O) groups excluding carboxylic acids is 2. The smallest absolute Gasteiger partial charge is 0.329 e. The van der Waals surface area contributed by atoms with Crippen LogP contribution >= 0.6 is 0 Å². The Morgan fingerprint density at radius 2 is 1.67 bits per heavy atom. The Kier molecular flexibility index (Phi) is 5.21. The van der Waals surface area contributed by atoms with Crippen molar-refractivity contribution in [1.29, 1.82) is 0 Å². The zero-order chi connectivity index (χ0) is 16.8. The molecule has 1 aliphatic heterocycles. The zero-order valence-corrected chi connectivity index (χ0v) is 13.6. The van der Waals surface area contributed by atoms with E-state index in [1.807, 2.05) is 42.5 Å². The summed E-state index contributed by atoms with van der Waals surface area (Å²) in [5, 5.41) is 6.12. The van der Waals surface area contributed by atoms with Crippen LogP contribution in [0.4, 0.5) is 0 Å². The van der Waals surface area contributed by atoms with Gasteiger partial charge in [0.25, 0.3) is 0 Å². The second-order valence-electron chi connectivity index (χ2n) is 5.97. The van der Waals surface area contributed by atoms with Crippen molar-refractivity contribution in [1.82, 2.24) is 10.3 Å². The monoisotopic (exact) mass is 323 g/mol. The van der Waals surface area contributed by atoms with Gasteiger partial charge in [-0.1, -0.05) is 55.3 Å². The highest BCUT2D eigenvalue weighted by Crippen LogP contribution is 2.16. The number of hydrogen-bond donors (Lipinski definition) is 1.